The van der Waals surface area contributed by atoms with E-state index in [0.29, 0.717) is 48.6 Å². The second-order valence-corrected chi connectivity index (χ2v) is 7.91. The van der Waals surface area contributed by atoms with Crippen LogP contribution in [0.4, 0.5) is 0 Å². The van der Waals surface area contributed by atoms with E-state index < -0.39 is 0 Å². The van der Waals surface area contributed by atoms with Crippen LogP contribution in [0, 0.1) is 5.92 Å². The normalized spacial score (nSPS) is 17.8. The van der Waals surface area contributed by atoms with E-state index in [1.165, 1.54) is 0 Å². The number of rotatable bonds is 8. The van der Waals surface area contributed by atoms with Crippen molar-refractivity contribution >= 4 is 17.5 Å². The molecule has 1 saturated heterocycles. The van der Waals surface area contributed by atoms with Crippen molar-refractivity contribution in [3.63, 3.8) is 0 Å². The zero-order chi connectivity index (χ0) is 19.9. The van der Waals surface area contributed by atoms with Crippen LogP contribution < -0.4 is 5.32 Å². The number of benzene rings is 1. The lowest BCUT2D eigenvalue weighted by molar-refractivity contribution is -0.122. The number of aromatic nitrogens is 2. The van der Waals surface area contributed by atoms with E-state index in [9.17, 15) is 4.79 Å². The van der Waals surface area contributed by atoms with Crippen LogP contribution >= 0.6 is 11.6 Å². The van der Waals surface area contributed by atoms with Crippen LogP contribution in [0.2, 0.25) is 5.02 Å². The van der Waals surface area contributed by atoms with E-state index in [2.05, 4.69) is 34.2 Å². The molecule has 0 aliphatic carbocycles. The van der Waals surface area contributed by atoms with Crippen LogP contribution in [0.25, 0.3) is 11.4 Å². The molecular formula is C20H27ClN4O3. The molecule has 1 aromatic heterocycles. The quantitative estimate of drug-likeness (QED) is 0.726. The van der Waals surface area contributed by atoms with Gasteiger partial charge in [0.15, 0.2) is 0 Å². The highest BCUT2D eigenvalue weighted by molar-refractivity contribution is 6.30. The second-order valence-electron chi connectivity index (χ2n) is 7.47. The summed E-state index contributed by atoms with van der Waals surface area (Å²) < 4.78 is 11.0. The Balaban J connectivity index is 1.40. The summed E-state index contributed by atoms with van der Waals surface area (Å²) in [5, 5.41) is 7.56. The van der Waals surface area contributed by atoms with Gasteiger partial charge in [0.25, 0.3) is 0 Å². The largest absolute Gasteiger partial charge is 0.374 e. The van der Waals surface area contributed by atoms with Gasteiger partial charge < -0.3 is 14.6 Å². The molecule has 8 heteroatoms. The Kier molecular flexibility index (Phi) is 7.42. The van der Waals surface area contributed by atoms with Gasteiger partial charge in [0, 0.05) is 49.6 Å². The molecule has 1 unspecified atom stereocenters. The Morgan fingerprint density at radius 3 is 2.89 bits per heavy atom. The molecule has 3 rings (SSSR count). The van der Waals surface area contributed by atoms with Gasteiger partial charge in [0.1, 0.15) is 0 Å². The third-order valence-electron chi connectivity index (χ3n) is 4.51. The van der Waals surface area contributed by atoms with Gasteiger partial charge in [-0.25, -0.2) is 0 Å². The van der Waals surface area contributed by atoms with Gasteiger partial charge in [-0.1, -0.05) is 30.6 Å². The van der Waals surface area contributed by atoms with Crippen LogP contribution in [0.15, 0.2) is 28.8 Å². The zero-order valence-corrected chi connectivity index (χ0v) is 17.1. The van der Waals surface area contributed by atoms with E-state index in [1.54, 1.807) is 12.1 Å². The van der Waals surface area contributed by atoms with Crippen molar-refractivity contribution in [2.45, 2.75) is 32.8 Å². The summed E-state index contributed by atoms with van der Waals surface area (Å²) in [6.45, 7) is 8.52. The van der Waals surface area contributed by atoms with Crippen molar-refractivity contribution in [2.75, 3.05) is 32.8 Å². The third-order valence-corrected chi connectivity index (χ3v) is 4.76. The first kappa shape index (κ1) is 20.8. The number of nitrogens with zero attached hydrogens (tertiary/aromatic N) is 3. The second kappa shape index (κ2) is 10.0. The van der Waals surface area contributed by atoms with Crippen LogP contribution in [-0.4, -0.2) is 59.8 Å². The number of aryl methyl sites for hydroxylation is 1. The first-order valence-electron chi connectivity index (χ1n) is 9.69. The first-order valence-corrected chi connectivity index (χ1v) is 10.1. The molecule has 1 N–H and O–H groups in total. The fraction of sp³-hybridized carbons (Fsp3) is 0.550. The minimum absolute atomic E-state index is 0.0383. The molecule has 1 amide bonds. The van der Waals surface area contributed by atoms with Gasteiger partial charge in [0.2, 0.25) is 17.6 Å². The van der Waals surface area contributed by atoms with Gasteiger partial charge in [-0.2, -0.15) is 4.98 Å². The standard InChI is InChI=1S/C20H27ClN4O3/c1-14(2)12-25-9-10-27-17(13-25)11-22-18(26)7-8-19-23-20(24-28-19)15-3-5-16(21)6-4-15/h3-6,14,17H,7-13H2,1-2H3,(H,22,26). The minimum Gasteiger partial charge on any atom is -0.374 e. The minimum atomic E-state index is -0.0455. The summed E-state index contributed by atoms with van der Waals surface area (Å²) in [4.78, 5) is 18.9. The predicted molar refractivity (Wildman–Crippen MR) is 107 cm³/mol. The molecule has 1 aromatic carbocycles. The average molecular weight is 407 g/mol. The lowest BCUT2D eigenvalue weighted by atomic mass is 10.2. The molecule has 0 radical (unpaired) electrons. The molecule has 0 spiro atoms. The van der Waals surface area contributed by atoms with E-state index in [0.717, 1.165) is 25.2 Å². The summed E-state index contributed by atoms with van der Waals surface area (Å²) in [5.74, 6) is 1.52. The molecule has 1 atom stereocenters. The van der Waals surface area contributed by atoms with Crippen LogP contribution in [0.1, 0.15) is 26.2 Å². The molecule has 1 aliphatic heterocycles. The Morgan fingerprint density at radius 2 is 2.14 bits per heavy atom. The Morgan fingerprint density at radius 1 is 1.36 bits per heavy atom. The number of hydrogen-bond acceptors (Lipinski definition) is 6. The van der Waals surface area contributed by atoms with Crippen molar-refractivity contribution in [1.29, 1.82) is 0 Å². The topological polar surface area (TPSA) is 80.5 Å². The van der Waals surface area contributed by atoms with E-state index >= 15 is 0 Å². The van der Waals surface area contributed by atoms with Crippen LogP contribution in [0.3, 0.4) is 0 Å². The molecule has 0 bridgehead atoms. The smallest absolute Gasteiger partial charge is 0.227 e. The monoisotopic (exact) mass is 406 g/mol. The molecular weight excluding hydrogens is 380 g/mol. The number of morpholine rings is 1. The maximum atomic E-state index is 12.1. The number of nitrogens with one attached hydrogen (secondary N) is 1. The molecule has 2 heterocycles. The van der Waals surface area contributed by atoms with E-state index in [-0.39, 0.29) is 12.0 Å². The van der Waals surface area contributed by atoms with E-state index in [4.69, 9.17) is 20.9 Å². The van der Waals surface area contributed by atoms with Crippen LogP contribution in [0.5, 0.6) is 0 Å². The number of halogens is 1. The highest BCUT2D eigenvalue weighted by atomic mass is 35.5. The van der Waals surface area contributed by atoms with Crippen molar-refractivity contribution in [3.8, 4) is 11.4 Å². The average Bonchev–Trinajstić information content (AvgIpc) is 3.14. The van der Waals surface area contributed by atoms with Crippen molar-refractivity contribution < 1.29 is 14.1 Å². The summed E-state index contributed by atoms with van der Waals surface area (Å²) in [6.07, 6.45) is 0.735. The lowest BCUT2D eigenvalue weighted by Crippen LogP contribution is -2.48. The Labute approximate surface area is 170 Å². The lowest BCUT2D eigenvalue weighted by Gasteiger charge is -2.33. The van der Waals surface area contributed by atoms with Crippen molar-refractivity contribution in [2.24, 2.45) is 5.92 Å². The predicted octanol–water partition coefficient (Wildman–Crippen LogP) is 2.80. The summed E-state index contributed by atoms with van der Waals surface area (Å²) in [6, 6.07) is 7.21. The van der Waals surface area contributed by atoms with E-state index in [1.807, 2.05) is 12.1 Å². The molecule has 7 nitrogen and oxygen atoms in total. The summed E-state index contributed by atoms with van der Waals surface area (Å²) in [5.41, 5.74) is 0.823. The number of amides is 1. The fourth-order valence-electron chi connectivity index (χ4n) is 3.20. The molecule has 0 saturated carbocycles. The Bertz CT molecular complexity index is 763. The SMILES string of the molecule is CC(C)CN1CCOC(CNC(=O)CCc2nc(-c3ccc(Cl)cc3)no2)C1. The number of carbonyl (C=O) groups excluding carboxylic acids is 1. The maximum Gasteiger partial charge on any atom is 0.227 e. The zero-order valence-electron chi connectivity index (χ0n) is 16.4. The number of carbonyl (C=O) groups is 1. The summed E-state index contributed by atoms with van der Waals surface area (Å²) >= 11 is 5.88. The molecule has 28 heavy (non-hydrogen) atoms. The van der Waals surface area contributed by atoms with Gasteiger partial charge in [-0.15, -0.1) is 0 Å². The molecule has 152 valence electrons. The van der Waals surface area contributed by atoms with Crippen molar-refractivity contribution in [3.05, 3.63) is 35.2 Å². The highest BCUT2D eigenvalue weighted by Gasteiger charge is 2.21. The van der Waals surface area contributed by atoms with Gasteiger partial charge in [0.05, 0.1) is 12.7 Å². The Hall–Kier alpha value is -1.96. The number of ether oxygens (including phenoxy) is 1. The molecule has 1 fully saturated rings. The van der Waals surface area contributed by atoms with Crippen molar-refractivity contribution in [1.82, 2.24) is 20.4 Å². The van der Waals surface area contributed by atoms with Gasteiger partial charge in [-0.05, 0) is 30.2 Å². The first-order chi connectivity index (χ1) is 13.5. The third kappa shape index (κ3) is 6.29. The maximum absolute atomic E-state index is 12.1. The van der Waals surface area contributed by atoms with Gasteiger partial charge in [-0.3, -0.25) is 9.69 Å². The van der Waals surface area contributed by atoms with Gasteiger partial charge >= 0.3 is 0 Å². The molecule has 1 aliphatic rings. The number of hydrogen-bond donors (Lipinski definition) is 1. The fourth-order valence-corrected chi connectivity index (χ4v) is 3.32. The van der Waals surface area contributed by atoms with Crippen LogP contribution in [-0.2, 0) is 16.0 Å². The summed E-state index contributed by atoms with van der Waals surface area (Å²) in [7, 11) is 0. The highest BCUT2D eigenvalue weighted by Crippen LogP contribution is 2.19. The molecule has 2 aromatic rings.